The zero-order valence-electron chi connectivity index (χ0n) is 17.5. The monoisotopic (exact) mass is 416 g/mol. The van der Waals surface area contributed by atoms with Crippen LogP contribution in [0.3, 0.4) is 0 Å². The normalized spacial score (nSPS) is 15.3. The van der Waals surface area contributed by atoms with Gasteiger partial charge in [0, 0.05) is 50.3 Å². The number of nitrogens with zero attached hydrogens (tertiary/aromatic N) is 2. The first kappa shape index (κ1) is 21.7. The number of hydrogen-bond acceptors (Lipinski definition) is 6. The smallest absolute Gasteiger partial charge is 0.313 e. The molecule has 3 rings (SSSR count). The molecule has 1 aliphatic heterocycles. The number of amides is 2. The summed E-state index contributed by atoms with van der Waals surface area (Å²) in [5.41, 5.74) is 1.51. The van der Waals surface area contributed by atoms with Crippen LogP contribution in [-0.2, 0) is 21.4 Å². The lowest BCUT2D eigenvalue weighted by molar-refractivity contribution is -0.136. The average Bonchev–Trinajstić information content (AvgIpc) is 3.20. The molecule has 0 unspecified atom stereocenters. The van der Waals surface area contributed by atoms with Crippen LogP contribution in [0.2, 0.25) is 0 Å². The summed E-state index contributed by atoms with van der Waals surface area (Å²) < 4.78 is 17.9. The molecule has 2 heterocycles. The summed E-state index contributed by atoms with van der Waals surface area (Å²) >= 11 is 0. The minimum absolute atomic E-state index is 0.0493. The molecule has 1 aromatic carbocycles. The minimum atomic E-state index is -0.741. The number of hydrogen-bond donors (Lipinski definition) is 2. The molecule has 1 saturated heterocycles. The molecule has 0 spiro atoms. The molecule has 162 valence electrons. The van der Waals surface area contributed by atoms with Crippen LogP contribution in [0, 0.1) is 0 Å². The van der Waals surface area contributed by atoms with Gasteiger partial charge in [-0.15, -0.1) is 0 Å². The van der Waals surface area contributed by atoms with Gasteiger partial charge in [-0.25, -0.2) is 0 Å². The molecule has 2 amide bonds. The first-order valence-corrected chi connectivity index (χ1v) is 9.77. The third kappa shape index (κ3) is 5.11. The van der Waals surface area contributed by atoms with Crippen LogP contribution >= 0.6 is 0 Å². The SMILES string of the molecule is COc1ccc(NC(=O)C(=O)NC[C@@H](c2cccn2C)N2CCOCC2)cc1OC. The molecule has 1 fully saturated rings. The zero-order chi connectivity index (χ0) is 21.5. The van der Waals surface area contributed by atoms with E-state index >= 15 is 0 Å². The van der Waals surface area contributed by atoms with Gasteiger partial charge in [0.1, 0.15) is 0 Å². The van der Waals surface area contributed by atoms with Crippen molar-refractivity contribution in [2.75, 3.05) is 52.4 Å². The summed E-state index contributed by atoms with van der Waals surface area (Å²) in [5.74, 6) is -0.435. The molecule has 0 saturated carbocycles. The number of benzene rings is 1. The van der Waals surface area contributed by atoms with Gasteiger partial charge in [0.15, 0.2) is 11.5 Å². The average molecular weight is 416 g/mol. The number of carbonyl (C=O) groups excluding carboxylic acids is 2. The van der Waals surface area contributed by atoms with E-state index in [9.17, 15) is 9.59 Å². The van der Waals surface area contributed by atoms with E-state index in [2.05, 4.69) is 15.5 Å². The van der Waals surface area contributed by atoms with E-state index in [0.717, 1.165) is 18.8 Å². The van der Waals surface area contributed by atoms with Gasteiger partial charge in [0.05, 0.1) is 33.5 Å². The van der Waals surface area contributed by atoms with Crippen LogP contribution in [0.25, 0.3) is 0 Å². The quantitative estimate of drug-likeness (QED) is 0.658. The zero-order valence-corrected chi connectivity index (χ0v) is 17.5. The first-order valence-electron chi connectivity index (χ1n) is 9.77. The van der Waals surface area contributed by atoms with Crippen LogP contribution in [0.5, 0.6) is 11.5 Å². The third-order valence-corrected chi connectivity index (χ3v) is 5.12. The highest BCUT2D eigenvalue weighted by Crippen LogP contribution is 2.29. The molecule has 0 bridgehead atoms. The molecule has 0 aliphatic carbocycles. The number of aryl methyl sites for hydroxylation is 1. The number of nitrogens with one attached hydrogen (secondary N) is 2. The van der Waals surface area contributed by atoms with Crippen LogP contribution in [0.1, 0.15) is 11.7 Å². The lowest BCUT2D eigenvalue weighted by Crippen LogP contribution is -2.46. The predicted molar refractivity (Wildman–Crippen MR) is 112 cm³/mol. The van der Waals surface area contributed by atoms with Crippen molar-refractivity contribution in [3.63, 3.8) is 0 Å². The molecule has 0 radical (unpaired) electrons. The largest absolute Gasteiger partial charge is 0.493 e. The van der Waals surface area contributed by atoms with Crippen LogP contribution < -0.4 is 20.1 Å². The molecule has 1 aliphatic rings. The fourth-order valence-electron chi connectivity index (χ4n) is 3.50. The Morgan fingerprint density at radius 3 is 2.47 bits per heavy atom. The van der Waals surface area contributed by atoms with Gasteiger partial charge in [0.25, 0.3) is 0 Å². The molecule has 30 heavy (non-hydrogen) atoms. The van der Waals surface area contributed by atoms with E-state index in [-0.39, 0.29) is 6.04 Å². The van der Waals surface area contributed by atoms with E-state index in [1.54, 1.807) is 18.2 Å². The van der Waals surface area contributed by atoms with Crippen LogP contribution in [0.4, 0.5) is 5.69 Å². The lowest BCUT2D eigenvalue weighted by atomic mass is 10.1. The number of anilines is 1. The van der Waals surface area contributed by atoms with Crippen molar-refractivity contribution in [1.82, 2.24) is 14.8 Å². The molecular formula is C21H28N4O5. The molecular weight excluding hydrogens is 388 g/mol. The fourth-order valence-corrected chi connectivity index (χ4v) is 3.50. The van der Waals surface area contributed by atoms with E-state index < -0.39 is 11.8 Å². The maximum absolute atomic E-state index is 12.4. The van der Waals surface area contributed by atoms with Crippen molar-refractivity contribution in [1.29, 1.82) is 0 Å². The van der Waals surface area contributed by atoms with Crippen molar-refractivity contribution >= 4 is 17.5 Å². The highest BCUT2D eigenvalue weighted by molar-refractivity contribution is 6.39. The van der Waals surface area contributed by atoms with E-state index in [4.69, 9.17) is 14.2 Å². The van der Waals surface area contributed by atoms with E-state index in [1.807, 2.05) is 29.9 Å². The Balaban J connectivity index is 1.63. The number of morpholine rings is 1. The Hall–Kier alpha value is -3.04. The second kappa shape index (κ2) is 10.1. The first-order chi connectivity index (χ1) is 14.5. The Morgan fingerprint density at radius 1 is 1.10 bits per heavy atom. The van der Waals surface area contributed by atoms with Crippen LogP contribution in [-0.4, -0.2) is 68.3 Å². The maximum atomic E-state index is 12.4. The summed E-state index contributed by atoms with van der Waals surface area (Å²) in [5, 5.41) is 5.36. The molecule has 1 atom stereocenters. The number of rotatable bonds is 7. The van der Waals surface area contributed by atoms with Gasteiger partial charge in [0.2, 0.25) is 0 Å². The highest BCUT2D eigenvalue weighted by Gasteiger charge is 2.26. The number of ether oxygens (including phenoxy) is 3. The molecule has 9 heteroatoms. The van der Waals surface area contributed by atoms with Crippen molar-refractivity contribution in [2.24, 2.45) is 7.05 Å². The van der Waals surface area contributed by atoms with Gasteiger partial charge in [-0.3, -0.25) is 14.5 Å². The van der Waals surface area contributed by atoms with Gasteiger partial charge in [-0.1, -0.05) is 0 Å². The number of methoxy groups -OCH3 is 2. The Kier molecular flexibility index (Phi) is 7.31. The fraction of sp³-hybridized carbons (Fsp3) is 0.429. The van der Waals surface area contributed by atoms with E-state index in [1.165, 1.54) is 14.2 Å². The predicted octanol–water partition coefficient (Wildman–Crippen LogP) is 1.17. The van der Waals surface area contributed by atoms with Crippen LogP contribution in [0.15, 0.2) is 36.5 Å². The topological polar surface area (TPSA) is 94.1 Å². The second-order valence-electron chi connectivity index (χ2n) is 6.94. The van der Waals surface area contributed by atoms with Crippen molar-refractivity contribution in [3.8, 4) is 11.5 Å². The van der Waals surface area contributed by atoms with Crippen molar-refractivity contribution in [3.05, 3.63) is 42.2 Å². The van der Waals surface area contributed by atoms with Gasteiger partial charge >= 0.3 is 11.8 Å². The summed E-state index contributed by atoms with van der Waals surface area (Å²) in [6, 6.07) is 8.85. The summed E-state index contributed by atoms with van der Waals surface area (Å²) in [4.78, 5) is 27.1. The summed E-state index contributed by atoms with van der Waals surface area (Å²) in [6.07, 6.45) is 1.97. The highest BCUT2D eigenvalue weighted by atomic mass is 16.5. The molecule has 2 N–H and O–H groups in total. The minimum Gasteiger partial charge on any atom is -0.493 e. The Bertz CT molecular complexity index is 876. The summed E-state index contributed by atoms with van der Waals surface area (Å²) in [7, 11) is 5.00. The molecule has 2 aromatic rings. The maximum Gasteiger partial charge on any atom is 0.313 e. The lowest BCUT2D eigenvalue weighted by Gasteiger charge is -2.34. The number of aromatic nitrogens is 1. The van der Waals surface area contributed by atoms with E-state index in [0.29, 0.717) is 36.9 Å². The van der Waals surface area contributed by atoms with Gasteiger partial charge in [-0.05, 0) is 24.3 Å². The standard InChI is InChI=1S/C21H28N4O5/c1-24-8-4-5-16(24)17(25-9-11-30-12-10-25)14-22-20(26)21(27)23-15-6-7-18(28-2)19(13-15)29-3/h4-8,13,17H,9-12,14H2,1-3H3,(H,22,26)(H,23,27)/t17-/m0/s1. The van der Waals surface area contributed by atoms with Crippen molar-refractivity contribution in [2.45, 2.75) is 6.04 Å². The summed E-state index contributed by atoms with van der Waals surface area (Å²) in [6.45, 7) is 3.15. The van der Waals surface area contributed by atoms with Gasteiger partial charge < -0.3 is 29.4 Å². The Morgan fingerprint density at radius 2 is 1.83 bits per heavy atom. The molecule has 9 nitrogen and oxygen atoms in total. The molecule has 1 aromatic heterocycles. The second-order valence-corrected chi connectivity index (χ2v) is 6.94. The number of carbonyl (C=O) groups is 2. The Labute approximate surface area is 175 Å². The third-order valence-electron chi connectivity index (χ3n) is 5.12. The van der Waals surface area contributed by atoms with Gasteiger partial charge in [-0.2, -0.15) is 0 Å². The van der Waals surface area contributed by atoms with Crippen molar-refractivity contribution < 1.29 is 23.8 Å².